The molecule has 3 nitrogen and oxygen atoms in total. The largest absolute Gasteiger partial charge is 0.466 e. The van der Waals surface area contributed by atoms with Gasteiger partial charge in [0.25, 0.3) is 0 Å². The number of thiol groups is 1. The molecule has 0 amide bonds. The van der Waals surface area contributed by atoms with E-state index in [2.05, 4.69) is 22.5 Å². The predicted molar refractivity (Wildman–Crippen MR) is 90.8 cm³/mol. The Labute approximate surface area is 143 Å². The quantitative estimate of drug-likeness (QED) is 0.752. The van der Waals surface area contributed by atoms with Crippen LogP contribution in [-0.2, 0) is 6.18 Å². The molecule has 126 valence electrons. The highest BCUT2D eigenvalue weighted by molar-refractivity contribution is 7.81. The number of hydrogen-bond donors (Lipinski definition) is 2. The maximum Gasteiger partial charge on any atom is 0.416 e. The summed E-state index contributed by atoms with van der Waals surface area (Å²) in [6, 6.07) is 10.4. The molecule has 0 saturated carbocycles. The number of nitrogens with one attached hydrogen (secondary N) is 1. The highest BCUT2D eigenvalue weighted by atomic mass is 32.1. The molecule has 0 spiro atoms. The number of fused-ring (bicyclic) bond motifs is 1. The van der Waals surface area contributed by atoms with E-state index in [4.69, 9.17) is 4.74 Å². The van der Waals surface area contributed by atoms with E-state index in [1.54, 1.807) is 32.0 Å². The molecule has 3 rings (SSSR count). The molecule has 0 fully saturated rings. The third kappa shape index (κ3) is 3.21. The van der Waals surface area contributed by atoms with E-state index in [1.165, 1.54) is 12.1 Å². The van der Waals surface area contributed by atoms with Crippen molar-refractivity contribution in [1.82, 2.24) is 0 Å². The first kappa shape index (κ1) is 16.7. The van der Waals surface area contributed by atoms with Crippen LogP contribution in [0.15, 0.2) is 47.5 Å². The summed E-state index contributed by atoms with van der Waals surface area (Å²) in [5.41, 5.74) is 1.17. The normalized spacial score (nSPS) is 16.0. The number of benzene rings is 2. The van der Waals surface area contributed by atoms with Crippen molar-refractivity contribution in [2.75, 3.05) is 4.72 Å². The molecule has 1 aliphatic heterocycles. The second-order valence-electron chi connectivity index (χ2n) is 5.91. The number of rotatable bonds is 2. The summed E-state index contributed by atoms with van der Waals surface area (Å²) in [5.74, 6) is 0.601. The van der Waals surface area contributed by atoms with Crippen LogP contribution in [0.5, 0.6) is 5.75 Å². The second-order valence-corrected chi connectivity index (χ2v) is 6.13. The molecule has 1 heterocycles. The number of aliphatic imine (C=N–C) groups is 1. The molecule has 0 bridgehead atoms. The number of ether oxygens (including phenoxy) is 1. The molecule has 7 heteroatoms. The van der Waals surface area contributed by atoms with Crippen molar-refractivity contribution < 1.29 is 17.9 Å². The maximum atomic E-state index is 12.7. The molecule has 0 saturated heterocycles. The van der Waals surface area contributed by atoms with Crippen molar-refractivity contribution in [3.63, 3.8) is 0 Å². The van der Waals surface area contributed by atoms with E-state index in [-0.39, 0.29) is 0 Å². The van der Waals surface area contributed by atoms with Crippen molar-refractivity contribution in [2.45, 2.75) is 25.7 Å². The minimum Gasteiger partial charge on any atom is -0.466 e. The molecule has 0 aromatic heterocycles. The summed E-state index contributed by atoms with van der Waals surface area (Å²) in [4.78, 5) is 4.55. The molecular weight excluding hydrogens is 337 g/mol. The fourth-order valence-electron chi connectivity index (χ4n) is 2.53. The van der Waals surface area contributed by atoms with Crippen LogP contribution in [0.2, 0.25) is 0 Å². The zero-order chi connectivity index (χ0) is 17.5. The van der Waals surface area contributed by atoms with E-state index < -0.39 is 17.5 Å². The lowest BCUT2D eigenvalue weighted by molar-refractivity contribution is -0.137. The highest BCUT2D eigenvalue weighted by Gasteiger charge is 2.32. The Hall–Kier alpha value is -2.15. The van der Waals surface area contributed by atoms with Crippen molar-refractivity contribution in [2.24, 2.45) is 4.99 Å². The number of anilines is 1. The summed E-state index contributed by atoms with van der Waals surface area (Å²) in [5, 5.41) is 0. The lowest BCUT2D eigenvalue weighted by atomic mass is 9.97. The van der Waals surface area contributed by atoms with Crippen molar-refractivity contribution >= 4 is 24.2 Å². The minimum absolute atomic E-state index is 0.598. The van der Waals surface area contributed by atoms with Crippen molar-refractivity contribution in [3.8, 4) is 5.75 Å². The molecule has 0 radical (unpaired) electrons. The molecule has 0 atom stereocenters. The van der Waals surface area contributed by atoms with Gasteiger partial charge in [-0.3, -0.25) is 0 Å². The van der Waals surface area contributed by atoms with E-state index in [0.717, 1.165) is 23.4 Å². The maximum absolute atomic E-state index is 12.7. The van der Waals surface area contributed by atoms with E-state index in [1.807, 2.05) is 0 Å². The Balaban J connectivity index is 2.08. The van der Waals surface area contributed by atoms with Gasteiger partial charge in [-0.05, 0) is 38.1 Å². The van der Waals surface area contributed by atoms with Gasteiger partial charge in [0.2, 0.25) is 0 Å². The van der Waals surface area contributed by atoms with Gasteiger partial charge in [-0.25, -0.2) is 4.99 Å². The second kappa shape index (κ2) is 5.73. The van der Waals surface area contributed by atoms with Gasteiger partial charge in [-0.2, -0.15) is 13.2 Å². The van der Waals surface area contributed by atoms with Gasteiger partial charge in [0, 0.05) is 22.9 Å². The molecule has 2 aromatic rings. The van der Waals surface area contributed by atoms with Gasteiger partial charge in [0.05, 0.1) is 11.3 Å². The van der Waals surface area contributed by atoms with Gasteiger partial charge in [0.1, 0.15) is 5.75 Å². The van der Waals surface area contributed by atoms with Crippen LogP contribution in [0, 0.1) is 0 Å². The molecule has 0 unspecified atom stereocenters. The Morgan fingerprint density at radius 1 is 1.08 bits per heavy atom. The van der Waals surface area contributed by atoms with Crippen LogP contribution < -0.4 is 9.46 Å². The number of hydrogen-bond acceptors (Lipinski definition) is 4. The van der Waals surface area contributed by atoms with Crippen LogP contribution in [0.3, 0.4) is 0 Å². The molecule has 2 aromatic carbocycles. The Kier molecular flexibility index (Phi) is 3.99. The Bertz CT molecular complexity index is 798. The number of halogens is 3. The van der Waals surface area contributed by atoms with E-state index in [0.29, 0.717) is 17.0 Å². The zero-order valence-corrected chi connectivity index (χ0v) is 13.9. The van der Waals surface area contributed by atoms with Crippen LogP contribution in [0.25, 0.3) is 0 Å². The lowest BCUT2D eigenvalue weighted by Gasteiger charge is -2.30. The summed E-state index contributed by atoms with van der Waals surface area (Å²) in [7, 11) is 0. The Morgan fingerprint density at radius 3 is 2.33 bits per heavy atom. The zero-order valence-electron chi connectivity index (χ0n) is 13.0. The van der Waals surface area contributed by atoms with Crippen LogP contribution in [-0.4, -0.2) is 11.4 Å². The first-order valence-electron chi connectivity index (χ1n) is 7.21. The lowest BCUT2D eigenvalue weighted by Crippen LogP contribution is -2.32. The molecule has 1 aliphatic rings. The summed E-state index contributed by atoms with van der Waals surface area (Å²) in [6.45, 7) is 3.58. The van der Waals surface area contributed by atoms with Gasteiger partial charge in [-0.15, -0.1) is 0 Å². The monoisotopic (exact) mass is 352 g/mol. The van der Waals surface area contributed by atoms with Crippen LogP contribution in [0.4, 0.5) is 18.9 Å². The first-order chi connectivity index (χ1) is 11.2. The summed E-state index contributed by atoms with van der Waals surface area (Å²) in [6.07, 6.45) is -4.36. The fourth-order valence-corrected chi connectivity index (χ4v) is 2.67. The smallest absolute Gasteiger partial charge is 0.416 e. The number of nitrogens with zero attached hydrogens (tertiary/aromatic N) is 1. The van der Waals surface area contributed by atoms with Crippen molar-refractivity contribution in [3.05, 3.63) is 59.2 Å². The predicted octanol–water partition coefficient (Wildman–Crippen LogP) is 4.93. The topological polar surface area (TPSA) is 33.6 Å². The molecular formula is C17H15F3N2OS. The average Bonchev–Trinajstić information content (AvgIpc) is 2.52. The van der Waals surface area contributed by atoms with E-state index in [9.17, 15) is 13.2 Å². The van der Waals surface area contributed by atoms with Gasteiger partial charge < -0.3 is 9.46 Å². The van der Waals surface area contributed by atoms with Crippen LogP contribution in [0.1, 0.15) is 30.5 Å². The standard InChI is InChI=1S/C17H15F3N2OS/c1-16(2)21-15(10-3-5-11(6-4-10)17(18,19)20)13-8-7-12(22-24)9-14(13)23-16/h3-9,22,24H,1-2H3. The first-order valence-corrected chi connectivity index (χ1v) is 7.65. The third-order valence-corrected chi connectivity index (χ3v) is 3.85. The fraction of sp³-hybridized carbons (Fsp3) is 0.235. The highest BCUT2D eigenvalue weighted by Crippen LogP contribution is 2.35. The van der Waals surface area contributed by atoms with E-state index >= 15 is 0 Å². The van der Waals surface area contributed by atoms with Gasteiger partial charge in [-0.1, -0.05) is 24.9 Å². The van der Waals surface area contributed by atoms with Gasteiger partial charge in [0.15, 0.2) is 5.72 Å². The van der Waals surface area contributed by atoms with Crippen molar-refractivity contribution in [1.29, 1.82) is 0 Å². The summed E-state index contributed by atoms with van der Waals surface area (Å²) >= 11 is 4.01. The molecule has 1 N–H and O–H groups in total. The third-order valence-electron chi connectivity index (χ3n) is 3.59. The molecule has 0 aliphatic carbocycles. The van der Waals surface area contributed by atoms with Crippen LogP contribution >= 0.6 is 12.8 Å². The molecule has 24 heavy (non-hydrogen) atoms. The van der Waals surface area contributed by atoms with Gasteiger partial charge >= 0.3 is 6.18 Å². The Morgan fingerprint density at radius 2 is 1.75 bits per heavy atom. The SMILES string of the molecule is CC1(C)N=C(c2ccc(C(F)(F)F)cc2)c2ccc(NS)cc2O1. The summed E-state index contributed by atoms with van der Waals surface area (Å²) < 4.78 is 46.8. The minimum atomic E-state index is -4.36. The average molecular weight is 352 g/mol. The number of alkyl halides is 3.